The number of fused-ring (bicyclic) bond motifs is 1. The molecule has 0 aromatic carbocycles. The number of carbonyl (C=O) groups excluding carboxylic acids is 1. The predicted molar refractivity (Wildman–Crippen MR) is 50.7 cm³/mol. The second-order valence-corrected chi connectivity index (χ2v) is 2.73. The summed E-state index contributed by atoms with van der Waals surface area (Å²) in [6.45, 7) is 0. The number of nitrogens with zero attached hydrogens (tertiary/aromatic N) is 3. The van der Waals surface area contributed by atoms with Crippen molar-refractivity contribution < 1.29 is 4.79 Å². The zero-order chi connectivity index (χ0) is 9.97. The van der Waals surface area contributed by atoms with Crippen LogP contribution in [0.1, 0.15) is 10.5 Å². The van der Waals surface area contributed by atoms with E-state index in [0.717, 1.165) is 10.9 Å². The summed E-state index contributed by atoms with van der Waals surface area (Å²) in [5.41, 5.74) is 1.10. The minimum absolute atomic E-state index is 0.212. The van der Waals surface area contributed by atoms with Crippen LogP contribution in [0.2, 0.25) is 0 Å². The second-order valence-electron chi connectivity index (χ2n) is 2.73. The van der Waals surface area contributed by atoms with Crippen LogP contribution in [0.15, 0.2) is 24.8 Å². The maximum Gasteiger partial charge on any atom is 0.269 e. The molecule has 0 atom stereocenters. The predicted octanol–water partition coefficient (Wildman–Crippen LogP) is 0.384. The fourth-order valence-corrected chi connectivity index (χ4v) is 1.14. The molecule has 2 aromatic heterocycles. The van der Waals surface area contributed by atoms with E-state index in [0.29, 0.717) is 5.69 Å². The van der Waals surface area contributed by atoms with Crippen LogP contribution < -0.4 is 5.32 Å². The standard InChI is InChI=1S/C9H8N4O/c1-10-9(14)7-2-6-3-11-5-13-8(6)4-12-7/h2-5H,1H3,(H,10,14). The van der Waals surface area contributed by atoms with Gasteiger partial charge in [0.05, 0.1) is 11.7 Å². The van der Waals surface area contributed by atoms with Gasteiger partial charge in [-0.15, -0.1) is 0 Å². The van der Waals surface area contributed by atoms with Gasteiger partial charge in [0.2, 0.25) is 0 Å². The molecule has 0 saturated heterocycles. The van der Waals surface area contributed by atoms with Crippen molar-refractivity contribution in [3.05, 3.63) is 30.5 Å². The van der Waals surface area contributed by atoms with Crippen LogP contribution in [0.3, 0.4) is 0 Å². The molecular weight excluding hydrogens is 180 g/mol. The van der Waals surface area contributed by atoms with Gasteiger partial charge in [-0.2, -0.15) is 0 Å². The molecule has 2 heterocycles. The third kappa shape index (κ3) is 1.39. The number of pyridine rings is 1. The van der Waals surface area contributed by atoms with E-state index in [1.807, 2.05) is 0 Å². The monoisotopic (exact) mass is 188 g/mol. The summed E-state index contributed by atoms with van der Waals surface area (Å²) < 4.78 is 0. The highest BCUT2D eigenvalue weighted by Gasteiger charge is 2.05. The summed E-state index contributed by atoms with van der Waals surface area (Å²) in [4.78, 5) is 23.1. The van der Waals surface area contributed by atoms with Crippen LogP contribution in [0.5, 0.6) is 0 Å². The van der Waals surface area contributed by atoms with Gasteiger partial charge in [0, 0.05) is 18.6 Å². The van der Waals surface area contributed by atoms with Crippen molar-refractivity contribution in [1.82, 2.24) is 20.3 Å². The van der Waals surface area contributed by atoms with Crippen molar-refractivity contribution >= 4 is 16.8 Å². The Morgan fingerprint density at radius 1 is 1.36 bits per heavy atom. The lowest BCUT2D eigenvalue weighted by molar-refractivity contribution is 0.0958. The Hall–Kier alpha value is -2.04. The summed E-state index contributed by atoms with van der Waals surface area (Å²) in [5.74, 6) is -0.212. The summed E-state index contributed by atoms with van der Waals surface area (Å²) in [7, 11) is 1.57. The molecule has 70 valence electrons. The third-order valence-electron chi connectivity index (χ3n) is 1.85. The van der Waals surface area contributed by atoms with Crippen molar-refractivity contribution in [3.63, 3.8) is 0 Å². The highest BCUT2D eigenvalue weighted by molar-refractivity contribution is 5.95. The Labute approximate surface area is 80.2 Å². The Morgan fingerprint density at radius 3 is 3.00 bits per heavy atom. The van der Waals surface area contributed by atoms with Crippen LogP contribution in [0.25, 0.3) is 10.9 Å². The SMILES string of the molecule is CNC(=O)c1cc2cncnc2cn1. The minimum Gasteiger partial charge on any atom is -0.354 e. The van der Waals surface area contributed by atoms with Crippen LogP contribution >= 0.6 is 0 Å². The summed E-state index contributed by atoms with van der Waals surface area (Å²) >= 11 is 0. The Kier molecular flexibility index (Phi) is 2.06. The van der Waals surface area contributed by atoms with Gasteiger partial charge in [0.25, 0.3) is 5.91 Å². The van der Waals surface area contributed by atoms with Gasteiger partial charge < -0.3 is 5.32 Å². The summed E-state index contributed by atoms with van der Waals surface area (Å²) in [5, 5.41) is 3.31. The minimum atomic E-state index is -0.212. The first-order chi connectivity index (χ1) is 6.81. The number of rotatable bonds is 1. The Bertz CT molecular complexity index is 483. The van der Waals surface area contributed by atoms with E-state index >= 15 is 0 Å². The number of hydrogen-bond acceptors (Lipinski definition) is 4. The van der Waals surface area contributed by atoms with E-state index in [2.05, 4.69) is 20.3 Å². The quantitative estimate of drug-likeness (QED) is 0.702. The second kappa shape index (κ2) is 3.37. The largest absolute Gasteiger partial charge is 0.354 e. The number of carbonyl (C=O) groups is 1. The molecule has 0 radical (unpaired) electrons. The Balaban J connectivity index is 2.56. The van der Waals surface area contributed by atoms with Gasteiger partial charge >= 0.3 is 0 Å². The molecule has 0 bridgehead atoms. The lowest BCUT2D eigenvalue weighted by Gasteiger charge is -1.99. The lowest BCUT2D eigenvalue weighted by Crippen LogP contribution is -2.18. The maximum absolute atomic E-state index is 11.2. The molecule has 2 rings (SSSR count). The normalized spacial score (nSPS) is 10.1. The number of amides is 1. The van der Waals surface area contributed by atoms with Crippen molar-refractivity contribution in [2.45, 2.75) is 0 Å². The summed E-state index contributed by atoms with van der Waals surface area (Å²) in [6.07, 6.45) is 4.65. The van der Waals surface area contributed by atoms with Crippen molar-refractivity contribution in [2.75, 3.05) is 7.05 Å². The van der Waals surface area contributed by atoms with Crippen LogP contribution in [-0.2, 0) is 0 Å². The topological polar surface area (TPSA) is 67.8 Å². The van der Waals surface area contributed by atoms with Crippen LogP contribution in [0, 0.1) is 0 Å². The van der Waals surface area contributed by atoms with Gasteiger partial charge in [0.1, 0.15) is 12.0 Å². The Morgan fingerprint density at radius 2 is 2.21 bits per heavy atom. The average molecular weight is 188 g/mol. The lowest BCUT2D eigenvalue weighted by atomic mass is 10.2. The number of aromatic nitrogens is 3. The molecule has 1 amide bonds. The van der Waals surface area contributed by atoms with E-state index in [9.17, 15) is 4.79 Å². The van der Waals surface area contributed by atoms with Gasteiger partial charge in [-0.25, -0.2) is 15.0 Å². The van der Waals surface area contributed by atoms with E-state index in [1.165, 1.54) is 6.33 Å². The highest BCUT2D eigenvalue weighted by atomic mass is 16.1. The molecule has 0 aliphatic heterocycles. The van der Waals surface area contributed by atoms with E-state index in [4.69, 9.17) is 0 Å². The van der Waals surface area contributed by atoms with Crippen LogP contribution in [-0.4, -0.2) is 27.9 Å². The molecule has 2 aromatic rings. The molecule has 14 heavy (non-hydrogen) atoms. The molecule has 5 heteroatoms. The molecule has 0 unspecified atom stereocenters. The van der Waals surface area contributed by atoms with Crippen molar-refractivity contribution in [2.24, 2.45) is 0 Å². The first kappa shape index (κ1) is 8.55. The molecule has 1 N–H and O–H groups in total. The molecule has 0 spiro atoms. The number of nitrogens with one attached hydrogen (secondary N) is 1. The van der Waals surface area contributed by atoms with Crippen LogP contribution in [0.4, 0.5) is 0 Å². The van der Waals surface area contributed by atoms with E-state index < -0.39 is 0 Å². The first-order valence-electron chi connectivity index (χ1n) is 4.09. The van der Waals surface area contributed by atoms with Gasteiger partial charge in [-0.3, -0.25) is 4.79 Å². The maximum atomic E-state index is 11.2. The highest BCUT2D eigenvalue weighted by Crippen LogP contribution is 2.08. The van der Waals surface area contributed by atoms with Gasteiger partial charge in [-0.1, -0.05) is 0 Å². The average Bonchev–Trinajstić information content (AvgIpc) is 2.27. The third-order valence-corrected chi connectivity index (χ3v) is 1.85. The van der Waals surface area contributed by atoms with Crippen molar-refractivity contribution in [1.29, 1.82) is 0 Å². The van der Waals surface area contributed by atoms with Gasteiger partial charge in [-0.05, 0) is 6.07 Å². The fraction of sp³-hybridized carbons (Fsp3) is 0.111. The molecule has 0 fully saturated rings. The zero-order valence-corrected chi connectivity index (χ0v) is 7.56. The first-order valence-corrected chi connectivity index (χ1v) is 4.09. The van der Waals surface area contributed by atoms with Crippen molar-refractivity contribution in [3.8, 4) is 0 Å². The van der Waals surface area contributed by atoms with E-state index in [1.54, 1.807) is 25.5 Å². The molecular formula is C9H8N4O. The molecule has 0 aliphatic carbocycles. The smallest absolute Gasteiger partial charge is 0.269 e. The van der Waals surface area contributed by atoms with E-state index in [-0.39, 0.29) is 5.91 Å². The summed E-state index contributed by atoms with van der Waals surface area (Å²) in [6, 6.07) is 1.66. The van der Waals surface area contributed by atoms with Gasteiger partial charge in [0.15, 0.2) is 0 Å². The zero-order valence-electron chi connectivity index (χ0n) is 7.56. The fourth-order valence-electron chi connectivity index (χ4n) is 1.14. The molecule has 0 aliphatic rings. The number of hydrogen-bond donors (Lipinski definition) is 1. The molecule has 0 saturated carbocycles. The molecule has 5 nitrogen and oxygen atoms in total.